The number of halogens is 1. The number of methoxy groups -OCH3 is 1. The van der Waals surface area contributed by atoms with E-state index >= 15 is 0 Å². The fourth-order valence-corrected chi connectivity index (χ4v) is 4.52. The largest absolute Gasteiger partial charge is 0.497 e. The number of rotatable bonds is 8. The summed E-state index contributed by atoms with van der Waals surface area (Å²) in [6.07, 6.45) is 3.58. The Bertz CT molecular complexity index is 1330. The maximum absolute atomic E-state index is 6.55. The molecule has 0 bridgehead atoms. The fourth-order valence-electron chi connectivity index (χ4n) is 4.28. The molecule has 0 amide bonds. The highest BCUT2D eigenvalue weighted by Crippen LogP contribution is 2.37. The highest BCUT2D eigenvalue weighted by atomic mass is 35.5. The van der Waals surface area contributed by atoms with Gasteiger partial charge >= 0.3 is 0 Å². The smallest absolute Gasteiger partial charge is 0.145 e. The third-order valence-corrected chi connectivity index (χ3v) is 6.60. The number of hydrogen-bond donors (Lipinski definition) is 1. The maximum atomic E-state index is 6.55. The first-order chi connectivity index (χ1) is 17.6. The maximum Gasteiger partial charge on any atom is 0.145 e. The summed E-state index contributed by atoms with van der Waals surface area (Å²) in [6.45, 7) is 2.46. The van der Waals surface area contributed by atoms with Gasteiger partial charge in [0.1, 0.15) is 42.1 Å². The standard InChI is InChI=1S/C28H29ClN4O3/c1-33-12-10-21(11-13-33)36-26-16-22(34-2)15-24-27(26)28(31-18-30-24)32-20-8-9-25(23(29)14-20)35-17-19-6-4-3-5-7-19/h3-9,14-16,18,21H,10-13,17H2,1-2H3,(H,30,31,32). The van der Waals surface area contributed by atoms with Crippen molar-refractivity contribution in [1.29, 1.82) is 0 Å². The van der Waals surface area contributed by atoms with E-state index in [1.54, 1.807) is 7.11 Å². The molecule has 5 rings (SSSR count). The first-order valence-corrected chi connectivity index (χ1v) is 12.4. The number of nitrogens with one attached hydrogen (secondary N) is 1. The lowest BCUT2D eigenvalue weighted by Crippen LogP contribution is -2.35. The minimum absolute atomic E-state index is 0.125. The van der Waals surface area contributed by atoms with E-state index < -0.39 is 0 Å². The molecule has 1 N–H and O–H groups in total. The molecule has 0 unspecified atom stereocenters. The summed E-state index contributed by atoms with van der Waals surface area (Å²) in [5, 5.41) is 4.71. The number of aromatic nitrogens is 2. The molecule has 0 atom stereocenters. The molecule has 1 aromatic heterocycles. The van der Waals surface area contributed by atoms with Gasteiger partial charge in [-0.15, -0.1) is 0 Å². The van der Waals surface area contributed by atoms with Gasteiger partial charge in [-0.1, -0.05) is 41.9 Å². The molecule has 1 saturated heterocycles. The second-order valence-corrected chi connectivity index (χ2v) is 9.31. The van der Waals surface area contributed by atoms with Crippen molar-refractivity contribution in [3.63, 3.8) is 0 Å². The van der Waals surface area contributed by atoms with Crippen LogP contribution in [0.2, 0.25) is 5.02 Å². The van der Waals surface area contributed by atoms with Gasteiger partial charge in [0.15, 0.2) is 0 Å². The lowest BCUT2D eigenvalue weighted by molar-refractivity contribution is 0.115. The van der Waals surface area contributed by atoms with Gasteiger partial charge in [0.2, 0.25) is 0 Å². The SMILES string of the molecule is COc1cc(OC2CCN(C)CC2)c2c(Nc3ccc(OCc4ccccc4)c(Cl)c3)ncnc2c1. The van der Waals surface area contributed by atoms with Crippen LogP contribution >= 0.6 is 11.6 Å². The Morgan fingerprint density at radius 2 is 1.81 bits per heavy atom. The lowest BCUT2D eigenvalue weighted by Gasteiger charge is -2.29. The third kappa shape index (κ3) is 5.64. The van der Waals surface area contributed by atoms with E-state index in [1.165, 1.54) is 6.33 Å². The molecule has 1 aliphatic heterocycles. The fraction of sp³-hybridized carbons (Fsp3) is 0.286. The summed E-state index contributed by atoms with van der Waals surface area (Å²) >= 11 is 6.55. The first-order valence-electron chi connectivity index (χ1n) is 12.0. The summed E-state index contributed by atoms with van der Waals surface area (Å²) in [5.74, 6) is 2.66. The number of ether oxygens (including phenoxy) is 3. The lowest BCUT2D eigenvalue weighted by atomic mass is 10.1. The number of likely N-dealkylation sites (tertiary alicyclic amines) is 1. The van der Waals surface area contributed by atoms with Crippen LogP contribution in [0.4, 0.5) is 11.5 Å². The minimum atomic E-state index is 0.125. The number of anilines is 2. The Labute approximate surface area is 216 Å². The van der Waals surface area contributed by atoms with Gasteiger partial charge in [-0.2, -0.15) is 0 Å². The molecule has 8 heteroatoms. The summed E-state index contributed by atoms with van der Waals surface area (Å²) in [7, 11) is 3.78. The molecule has 0 aliphatic carbocycles. The minimum Gasteiger partial charge on any atom is -0.497 e. The van der Waals surface area contributed by atoms with Crippen molar-refractivity contribution < 1.29 is 14.2 Å². The van der Waals surface area contributed by atoms with Crippen LogP contribution in [-0.4, -0.2) is 48.2 Å². The number of nitrogens with zero attached hydrogens (tertiary/aromatic N) is 3. The van der Waals surface area contributed by atoms with Crippen molar-refractivity contribution in [2.24, 2.45) is 0 Å². The Hall–Kier alpha value is -3.55. The Balaban J connectivity index is 1.40. The molecule has 1 aliphatic rings. The van der Waals surface area contributed by atoms with Gasteiger partial charge in [-0.25, -0.2) is 9.97 Å². The number of fused-ring (bicyclic) bond motifs is 1. The molecule has 36 heavy (non-hydrogen) atoms. The van der Waals surface area contributed by atoms with E-state index in [9.17, 15) is 0 Å². The second kappa shape index (κ2) is 11.0. The monoisotopic (exact) mass is 504 g/mol. The first kappa shape index (κ1) is 24.2. The quantitative estimate of drug-likeness (QED) is 0.311. The molecule has 3 aromatic carbocycles. The normalized spacial score (nSPS) is 14.5. The van der Waals surface area contributed by atoms with E-state index in [1.807, 2.05) is 60.7 Å². The summed E-state index contributed by atoms with van der Waals surface area (Å²) in [4.78, 5) is 11.3. The summed E-state index contributed by atoms with van der Waals surface area (Å²) in [5.41, 5.74) is 2.60. The molecule has 0 spiro atoms. The predicted molar refractivity (Wildman–Crippen MR) is 143 cm³/mol. The van der Waals surface area contributed by atoms with Crippen molar-refractivity contribution in [2.75, 3.05) is 32.6 Å². The Kier molecular flexibility index (Phi) is 7.39. The van der Waals surface area contributed by atoms with E-state index in [4.69, 9.17) is 25.8 Å². The number of piperidine rings is 1. The van der Waals surface area contributed by atoms with Crippen molar-refractivity contribution in [3.8, 4) is 17.2 Å². The van der Waals surface area contributed by atoms with Crippen molar-refractivity contribution in [3.05, 3.63) is 77.6 Å². The van der Waals surface area contributed by atoms with Gasteiger partial charge < -0.3 is 24.4 Å². The van der Waals surface area contributed by atoms with E-state index in [-0.39, 0.29) is 6.10 Å². The molecule has 1 fully saturated rings. The van der Waals surface area contributed by atoms with Crippen molar-refractivity contribution in [1.82, 2.24) is 14.9 Å². The van der Waals surface area contributed by atoms with Crippen LogP contribution in [0.15, 0.2) is 67.0 Å². The zero-order valence-electron chi connectivity index (χ0n) is 20.4. The van der Waals surface area contributed by atoms with Crippen LogP contribution in [0.5, 0.6) is 17.2 Å². The van der Waals surface area contributed by atoms with E-state index in [0.717, 1.165) is 48.1 Å². The molecule has 7 nitrogen and oxygen atoms in total. The van der Waals surface area contributed by atoms with Gasteiger partial charge in [0.25, 0.3) is 0 Å². The highest BCUT2D eigenvalue weighted by molar-refractivity contribution is 6.32. The van der Waals surface area contributed by atoms with Crippen LogP contribution < -0.4 is 19.5 Å². The van der Waals surface area contributed by atoms with Crippen molar-refractivity contribution in [2.45, 2.75) is 25.6 Å². The van der Waals surface area contributed by atoms with Crippen LogP contribution in [-0.2, 0) is 6.61 Å². The van der Waals surface area contributed by atoms with Gasteiger partial charge in [-0.05, 0) is 43.7 Å². The molecular formula is C28H29ClN4O3. The zero-order valence-corrected chi connectivity index (χ0v) is 21.2. The van der Waals surface area contributed by atoms with Crippen molar-refractivity contribution >= 4 is 34.0 Å². The third-order valence-electron chi connectivity index (χ3n) is 6.30. The second-order valence-electron chi connectivity index (χ2n) is 8.91. The highest BCUT2D eigenvalue weighted by Gasteiger charge is 2.21. The number of benzene rings is 3. The van der Waals surface area contributed by atoms with Crippen LogP contribution in [0.25, 0.3) is 10.9 Å². The molecule has 2 heterocycles. The molecule has 0 radical (unpaired) electrons. The van der Waals surface area contributed by atoms with E-state index in [0.29, 0.717) is 34.7 Å². The van der Waals surface area contributed by atoms with Crippen LogP contribution in [0.1, 0.15) is 18.4 Å². The topological polar surface area (TPSA) is 68.7 Å². The average molecular weight is 505 g/mol. The number of hydrogen-bond acceptors (Lipinski definition) is 7. The molecule has 4 aromatic rings. The summed E-state index contributed by atoms with van der Waals surface area (Å²) in [6, 6.07) is 19.4. The van der Waals surface area contributed by atoms with Gasteiger partial charge in [0.05, 0.1) is 23.0 Å². The van der Waals surface area contributed by atoms with E-state index in [2.05, 4.69) is 27.2 Å². The average Bonchev–Trinajstić information content (AvgIpc) is 2.90. The van der Waals surface area contributed by atoms with Gasteiger partial charge in [-0.3, -0.25) is 0 Å². The van der Waals surface area contributed by atoms with Crippen LogP contribution in [0.3, 0.4) is 0 Å². The Morgan fingerprint density at radius 1 is 1.00 bits per heavy atom. The molecule has 0 saturated carbocycles. The predicted octanol–water partition coefficient (Wildman–Crippen LogP) is 6.09. The summed E-state index contributed by atoms with van der Waals surface area (Å²) < 4.78 is 17.9. The molecule has 186 valence electrons. The zero-order chi connectivity index (χ0) is 24.9. The molecular weight excluding hydrogens is 476 g/mol. The van der Waals surface area contributed by atoms with Crippen LogP contribution in [0, 0.1) is 0 Å². The Morgan fingerprint density at radius 3 is 2.56 bits per heavy atom. The van der Waals surface area contributed by atoms with Gasteiger partial charge in [0, 0.05) is 30.9 Å².